The smallest absolute Gasteiger partial charge is 0.224 e. The first-order valence-electron chi connectivity index (χ1n) is 8.82. The highest BCUT2D eigenvalue weighted by atomic mass is 35.5. The van der Waals surface area contributed by atoms with E-state index in [1.165, 1.54) is 30.4 Å². The van der Waals surface area contributed by atoms with Crippen LogP contribution in [0.25, 0.3) is 0 Å². The summed E-state index contributed by atoms with van der Waals surface area (Å²) in [6, 6.07) is 14.1. The van der Waals surface area contributed by atoms with Crippen molar-refractivity contribution in [3.05, 3.63) is 86.8 Å². The molecule has 8 heteroatoms. The zero-order chi connectivity index (χ0) is 21.0. The Labute approximate surface area is 178 Å². The quantitative estimate of drug-likeness (QED) is 0.528. The summed E-state index contributed by atoms with van der Waals surface area (Å²) in [4.78, 5) is 13.0. The Kier molecular flexibility index (Phi) is 6.72. The first-order valence-corrected chi connectivity index (χ1v) is 11.6. The topological polar surface area (TPSA) is 63.2 Å². The Morgan fingerprint density at radius 3 is 2.52 bits per heavy atom. The van der Waals surface area contributed by atoms with Gasteiger partial charge in [-0.3, -0.25) is 4.79 Å². The van der Waals surface area contributed by atoms with E-state index in [0.29, 0.717) is 9.90 Å². The summed E-state index contributed by atoms with van der Waals surface area (Å²) in [7, 11) is -3.83. The number of hydrogen-bond donors (Lipinski definition) is 1. The van der Waals surface area contributed by atoms with Crippen molar-refractivity contribution in [1.82, 2.24) is 5.32 Å². The Hall–Kier alpha value is -2.22. The van der Waals surface area contributed by atoms with Gasteiger partial charge in [-0.2, -0.15) is 0 Å². The summed E-state index contributed by atoms with van der Waals surface area (Å²) in [5.74, 6) is -0.757. The number of nitrogens with one attached hydrogen (secondary N) is 1. The van der Waals surface area contributed by atoms with Crippen molar-refractivity contribution in [3.8, 4) is 0 Å². The van der Waals surface area contributed by atoms with Crippen molar-refractivity contribution in [2.45, 2.75) is 23.5 Å². The van der Waals surface area contributed by atoms with Crippen LogP contribution in [0.4, 0.5) is 4.39 Å². The molecule has 0 saturated carbocycles. The SMILES string of the molecule is Cc1cc(S(=O)(=O)C(CNC(=O)Cc2ccc(Cl)cc2)c2cccs2)ccc1F. The van der Waals surface area contributed by atoms with E-state index in [9.17, 15) is 17.6 Å². The van der Waals surface area contributed by atoms with Crippen LogP contribution in [0.3, 0.4) is 0 Å². The third-order valence-electron chi connectivity index (χ3n) is 4.46. The van der Waals surface area contributed by atoms with Crippen LogP contribution in [0.1, 0.15) is 21.3 Å². The highest BCUT2D eigenvalue weighted by Crippen LogP contribution is 2.32. The molecule has 152 valence electrons. The first kappa shape index (κ1) is 21.5. The Balaban J connectivity index is 1.79. The van der Waals surface area contributed by atoms with Crippen LogP contribution in [-0.2, 0) is 21.1 Å². The summed E-state index contributed by atoms with van der Waals surface area (Å²) >= 11 is 7.15. The third-order valence-corrected chi connectivity index (χ3v) is 7.92. The Morgan fingerprint density at radius 1 is 1.17 bits per heavy atom. The van der Waals surface area contributed by atoms with Crippen molar-refractivity contribution >= 4 is 38.7 Å². The second kappa shape index (κ2) is 9.07. The number of thiophene rings is 1. The standard InChI is InChI=1S/C21H19ClFNO3S2/c1-14-11-17(8-9-18(14)23)29(26,27)20(19-3-2-10-28-19)13-24-21(25)12-15-4-6-16(22)7-5-15/h2-11,20H,12-13H2,1H3,(H,24,25). The number of aryl methyl sites for hydroxylation is 1. The van der Waals surface area contributed by atoms with Gasteiger partial charge in [0, 0.05) is 16.4 Å². The van der Waals surface area contributed by atoms with E-state index in [0.717, 1.165) is 11.6 Å². The van der Waals surface area contributed by atoms with Gasteiger partial charge in [0.15, 0.2) is 9.84 Å². The number of benzene rings is 2. The van der Waals surface area contributed by atoms with Gasteiger partial charge in [0.2, 0.25) is 5.91 Å². The predicted octanol–water partition coefficient (Wildman–Crippen LogP) is 4.72. The van der Waals surface area contributed by atoms with Crippen LogP contribution < -0.4 is 5.32 Å². The Morgan fingerprint density at radius 2 is 1.90 bits per heavy atom. The molecule has 0 bridgehead atoms. The van der Waals surface area contributed by atoms with Gasteiger partial charge in [-0.1, -0.05) is 29.8 Å². The first-order chi connectivity index (χ1) is 13.8. The molecule has 1 N–H and O–H groups in total. The van der Waals surface area contributed by atoms with Gasteiger partial charge < -0.3 is 5.32 Å². The normalized spacial score (nSPS) is 12.5. The summed E-state index contributed by atoms with van der Waals surface area (Å²) in [5.41, 5.74) is 1.03. The van der Waals surface area contributed by atoms with Crippen molar-refractivity contribution < 1.29 is 17.6 Å². The fourth-order valence-corrected chi connectivity index (χ4v) is 5.85. The molecule has 0 saturated heterocycles. The molecular weight excluding hydrogens is 433 g/mol. The van der Waals surface area contributed by atoms with E-state index >= 15 is 0 Å². The largest absolute Gasteiger partial charge is 0.354 e. The van der Waals surface area contributed by atoms with Gasteiger partial charge in [-0.25, -0.2) is 12.8 Å². The van der Waals surface area contributed by atoms with Crippen LogP contribution >= 0.6 is 22.9 Å². The second-order valence-corrected chi connectivity index (χ2v) is 10.1. The molecule has 0 aliphatic rings. The van der Waals surface area contributed by atoms with E-state index in [1.807, 2.05) is 0 Å². The number of carbonyl (C=O) groups excluding carboxylic acids is 1. The zero-order valence-corrected chi connectivity index (χ0v) is 18.0. The molecule has 1 atom stereocenters. The van der Waals surface area contributed by atoms with Crippen molar-refractivity contribution in [2.24, 2.45) is 0 Å². The van der Waals surface area contributed by atoms with Gasteiger partial charge in [0.25, 0.3) is 0 Å². The maximum atomic E-state index is 13.6. The molecule has 1 aromatic heterocycles. The number of sulfone groups is 1. The molecule has 1 amide bonds. The van der Waals surface area contributed by atoms with Gasteiger partial charge >= 0.3 is 0 Å². The molecule has 0 aliphatic heterocycles. The molecule has 1 heterocycles. The lowest BCUT2D eigenvalue weighted by atomic mass is 10.1. The molecule has 3 rings (SSSR count). The fraction of sp³-hybridized carbons (Fsp3) is 0.190. The number of rotatable bonds is 7. The molecule has 3 aromatic rings. The van der Waals surface area contributed by atoms with Crippen LogP contribution in [0.2, 0.25) is 5.02 Å². The number of amides is 1. The van der Waals surface area contributed by atoms with Crippen molar-refractivity contribution in [3.63, 3.8) is 0 Å². The van der Waals surface area contributed by atoms with Gasteiger partial charge in [-0.15, -0.1) is 11.3 Å². The van der Waals surface area contributed by atoms with Crippen LogP contribution in [0.5, 0.6) is 0 Å². The molecule has 1 unspecified atom stereocenters. The highest BCUT2D eigenvalue weighted by Gasteiger charge is 2.30. The maximum absolute atomic E-state index is 13.6. The molecule has 0 fully saturated rings. The minimum Gasteiger partial charge on any atom is -0.354 e. The fourth-order valence-electron chi connectivity index (χ4n) is 2.85. The zero-order valence-electron chi connectivity index (χ0n) is 15.6. The van der Waals surface area contributed by atoms with E-state index in [1.54, 1.807) is 41.8 Å². The second-order valence-electron chi connectivity index (χ2n) is 6.57. The molecule has 4 nitrogen and oxygen atoms in total. The average molecular weight is 452 g/mol. The van der Waals surface area contributed by atoms with Gasteiger partial charge in [0.1, 0.15) is 11.1 Å². The minimum atomic E-state index is -3.83. The van der Waals surface area contributed by atoms with E-state index < -0.39 is 20.9 Å². The van der Waals surface area contributed by atoms with E-state index in [2.05, 4.69) is 5.32 Å². The summed E-state index contributed by atoms with van der Waals surface area (Å²) < 4.78 is 40.0. The minimum absolute atomic E-state index is 0.0294. The van der Waals surface area contributed by atoms with Crippen molar-refractivity contribution in [2.75, 3.05) is 6.54 Å². The lowest BCUT2D eigenvalue weighted by molar-refractivity contribution is -0.120. The molecule has 0 spiro atoms. The van der Waals surface area contributed by atoms with Crippen LogP contribution in [0, 0.1) is 12.7 Å². The lowest BCUT2D eigenvalue weighted by Gasteiger charge is -2.18. The molecule has 0 aliphatic carbocycles. The van der Waals surface area contributed by atoms with Crippen molar-refractivity contribution in [1.29, 1.82) is 0 Å². The van der Waals surface area contributed by atoms with E-state index in [-0.39, 0.29) is 29.3 Å². The van der Waals surface area contributed by atoms with Gasteiger partial charge in [-0.05, 0) is 59.8 Å². The summed E-state index contributed by atoms with van der Waals surface area (Å²) in [5, 5.41) is 4.12. The predicted molar refractivity (Wildman–Crippen MR) is 114 cm³/mol. The molecule has 29 heavy (non-hydrogen) atoms. The molecule has 0 radical (unpaired) electrons. The van der Waals surface area contributed by atoms with Crippen LogP contribution in [-0.4, -0.2) is 20.9 Å². The van der Waals surface area contributed by atoms with Crippen LogP contribution in [0.15, 0.2) is 64.9 Å². The number of carbonyl (C=O) groups is 1. The summed E-state index contributed by atoms with van der Waals surface area (Å²) in [6.45, 7) is 1.44. The summed E-state index contributed by atoms with van der Waals surface area (Å²) in [6.07, 6.45) is 0.115. The molecular formula is C21H19ClFNO3S2. The van der Waals surface area contributed by atoms with Gasteiger partial charge in [0.05, 0.1) is 11.3 Å². The highest BCUT2D eigenvalue weighted by molar-refractivity contribution is 7.91. The number of halogens is 2. The monoisotopic (exact) mass is 451 g/mol. The van der Waals surface area contributed by atoms with E-state index in [4.69, 9.17) is 11.6 Å². The maximum Gasteiger partial charge on any atom is 0.224 e. The average Bonchev–Trinajstić information content (AvgIpc) is 3.20. The Bertz CT molecular complexity index is 1100. The molecule has 2 aromatic carbocycles. The lowest BCUT2D eigenvalue weighted by Crippen LogP contribution is -2.32. The third kappa shape index (κ3) is 5.23. The number of hydrogen-bond acceptors (Lipinski definition) is 4.